The summed E-state index contributed by atoms with van der Waals surface area (Å²) in [5, 5.41) is 4.52. The van der Waals surface area contributed by atoms with Crippen LogP contribution in [0.15, 0.2) is 36.5 Å². The summed E-state index contributed by atoms with van der Waals surface area (Å²) in [6, 6.07) is 10.6. The van der Waals surface area contributed by atoms with E-state index in [-0.39, 0.29) is 5.41 Å². The van der Waals surface area contributed by atoms with Crippen molar-refractivity contribution in [2.45, 2.75) is 32.7 Å². The fourth-order valence-electron chi connectivity index (χ4n) is 1.90. The van der Waals surface area contributed by atoms with E-state index in [0.717, 1.165) is 13.1 Å². The summed E-state index contributed by atoms with van der Waals surface area (Å²) >= 11 is 1.80. The molecule has 0 radical (unpaired) electrons. The van der Waals surface area contributed by atoms with Gasteiger partial charge in [0.2, 0.25) is 0 Å². The molecule has 1 aromatic heterocycles. The molecule has 0 saturated heterocycles. The number of aromatic nitrogens is 1. The van der Waals surface area contributed by atoms with Gasteiger partial charge in [-0.1, -0.05) is 37.3 Å². The zero-order chi connectivity index (χ0) is 13.0. The van der Waals surface area contributed by atoms with Gasteiger partial charge in [-0.15, -0.1) is 11.3 Å². The maximum absolute atomic E-state index is 4.60. The minimum absolute atomic E-state index is 0.0175. The van der Waals surface area contributed by atoms with Crippen LogP contribution in [0.2, 0.25) is 0 Å². The first-order valence-corrected chi connectivity index (χ1v) is 7.17. The van der Waals surface area contributed by atoms with Crippen molar-refractivity contribution in [1.82, 2.24) is 10.3 Å². The summed E-state index contributed by atoms with van der Waals surface area (Å²) < 4.78 is 0. The predicted molar refractivity (Wildman–Crippen MR) is 78.1 cm³/mol. The Hall–Kier alpha value is -1.19. The maximum atomic E-state index is 4.60. The zero-order valence-corrected chi connectivity index (χ0v) is 12.1. The SMILES string of the molecule is CCNCc1cnc(C(C)(C)c2ccccc2)s1. The lowest BCUT2D eigenvalue weighted by molar-refractivity contribution is 0.635. The first-order chi connectivity index (χ1) is 8.64. The van der Waals surface area contributed by atoms with Crippen molar-refractivity contribution in [3.8, 4) is 0 Å². The lowest BCUT2D eigenvalue weighted by Gasteiger charge is -2.22. The normalized spacial score (nSPS) is 11.7. The van der Waals surface area contributed by atoms with Crippen molar-refractivity contribution in [1.29, 1.82) is 0 Å². The average molecular weight is 260 g/mol. The number of rotatable bonds is 5. The van der Waals surface area contributed by atoms with Crippen LogP contribution in [-0.4, -0.2) is 11.5 Å². The minimum Gasteiger partial charge on any atom is -0.312 e. The molecule has 96 valence electrons. The Bertz CT molecular complexity index is 488. The third-order valence-corrected chi connectivity index (χ3v) is 4.45. The number of nitrogens with zero attached hydrogens (tertiary/aromatic N) is 1. The van der Waals surface area contributed by atoms with Crippen LogP contribution in [0.25, 0.3) is 0 Å². The predicted octanol–water partition coefficient (Wildman–Crippen LogP) is 3.58. The second-order valence-corrected chi connectivity index (χ2v) is 6.02. The van der Waals surface area contributed by atoms with Crippen LogP contribution in [-0.2, 0) is 12.0 Å². The third kappa shape index (κ3) is 2.79. The molecule has 1 heterocycles. The van der Waals surface area contributed by atoms with Crippen LogP contribution < -0.4 is 5.32 Å². The smallest absolute Gasteiger partial charge is 0.103 e. The summed E-state index contributed by atoms with van der Waals surface area (Å²) in [6.07, 6.45) is 1.99. The number of nitrogens with one attached hydrogen (secondary N) is 1. The van der Waals surface area contributed by atoms with Gasteiger partial charge in [-0.05, 0) is 26.0 Å². The molecule has 0 aliphatic rings. The highest BCUT2D eigenvalue weighted by Crippen LogP contribution is 2.33. The Labute approximate surface area is 113 Å². The Balaban J connectivity index is 2.22. The van der Waals surface area contributed by atoms with E-state index in [1.54, 1.807) is 11.3 Å². The molecule has 1 aromatic carbocycles. The van der Waals surface area contributed by atoms with Crippen molar-refractivity contribution in [3.05, 3.63) is 52.0 Å². The van der Waals surface area contributed by atoms with E-state index in [9.17, 15) is 0 Å². The lowest BCUT2D eigenvalue weighted by Crippen LogP contribution is -2.18. The first kappa shape index (κ1) is 13.2. The first-order valence-electron chi connectivity index (χ1n) is 6.36. The number of hydrogen-bond donors (Lipinski definition) is 1. The van der Waals surface area contributed by atoms with Crippen LogP contribution in [0.4, 0.5) is 0 Å². The van der Waals surface area contributed by atoms with Crippen molar-refractivity contribution in [3.63, 3.8) is 0 Å². The number of benzene rings is 1. The van der Waals surface area contributed by atoms with Crippen LogP contribution in [0, 0.1) is 0 Å². The fraction of sp³-hybridized carbons (Fsp3) is 0.400. The molecule has 3 heteroatoms. The van der Waals surface area contributed by atoms with E-state index in [1.165, 1.54) is 15.4 Å². The molecule has 0 amide bonds. The van der Waals surface area contributed by atoms with E-state index >= 15 is 0 Å². The maximum Gasteiger partial charge on any atom is 0.103 e. The van der Waals surface area contributed by atoms with Crippen LogP contribution in [0.5, 0.6) is 0 Å². The molecule has 0 aliphatic carbocycles. The largest absolute Gasteiger partial charge is 0.312 e. The molecule has 0 unspecified atom stereocenters. The van der Waals surface area contributed by atoms with Crippen molar-refractivity contribution in [2.75, 3.05) is 6.54 Å². The number of hydrogen-bond acceptors (Lipinski definition) is 3. The minimum atomic E-state index is -0.0175. The monoisotopic (exact) mass is 260 g/mol. The number of thiazole rings is 1. The van der Waals surface area contributed by atoms with Gasteiger partial charge in [0.1, 0.15) is 5.01 Å². The molecular weight excluding hydrogens is 240 g/mol. The van der Waals surface area contributed by atoms with Gasteiger partial charge in [0, 0.05) is 23.0 Å². The fourth-order valence-corrected chi connectivity index (χ4v) is 2.91. The molecule has 1 N–H and O–H groups in total. The Morgan fingerprint density at radius 3 is 2.61 bits per heavy atom. The molecule has 0 spiro atoms. The van der Waals surface area contributed by atoms with Gasteiger partial charge in [-0.3, -0.25) is 0 Å². The molecule has 0 saturated carbocycles. The summed E-state index contributed by atoms with van der Waals surface area (Å²) in [6.45, 7) is 8.50. The standard InChI is InChI=1S/C15H20N2S/c1-4-16-10-13-11-17-14(18-13)15(2,3)12-8-6-5-7-9-12/h5-9,11,16H,4,10H2,1-3H3. The van der Waals surface area contributed by atoms with Gasteiger partial charge in [0.25, 0.3) is 0 Å². The molecule has 2 aromatic rings. The van der Waals surface area contributed by atoms with Gasteiger partial charge in [-0.25, -0.2) is 4.98 Å². The Morgan fingerprint density at radius 2 is 1.94 bits per heavy atom. The lowest BCUT2D eigenvalue weighted by atomic mass is 9.85. The molecule has 0 bridgehead atoms. The summed E-state index contributed by atoms with van der Waals surface area (Å²) in [7, 11) is 0. The molecule has 0 aliphatic heterocycles. The quantitative estimate of drug-likeness (QED) is 0.889. The Morgan fingerprint density at radius 1 is 1.22 bits per heavy atom. The Kier molecular flexibility index (Phi) is 4.15. The van der Waals surface area contributed by atoms with Crippen LogP contribution >= 0.6 is 11.3 Å². The highest BCUT2D eigenvalue weighted by Gasteiger charge is 2.26. The topological polar surface area (TPSA) is 24.9 Å². The second kappa shape index (κ2) is 5.63. The molecule has 0 atom stereocenters. The molecule has 18 heavy (non-hydrogen) atoms. The van der Waals surface area contributed by atoms with Crippen molar-refractivity contribution >= 4 is 11.3 Å². The van der Waals surface area contributed by atoms with Crippen molar-refractivity contribution in [2.24, 2.45) is 0 Å². The molecule has 0 fully saturated rings. The molecule has 2 rings (SSSR count). The highest BCUT2D eigenvalue weighted by molar-refractivity contribution is 7.11. The van der Waals surface area contributed by atoms with Crippen LogP contribution in [0.1, 0.15) is 36.2 Å². The van der Waals surface area contributed by atoms with E-state index in [2.05, 4.69) is 61.4 Å². The highest BCUT2D eigenvalue weighted by atomic mass is 32.1. The van der Waals surface area contributed by atoms with Crippen molar-refractivity contribution < 1.29 is 0 Å². The van der Waals surface area contributed by atoms with Gasteiger partial charge < -0.3 is 5.32 Å². The van der Waals surface area contributed by atoms with E-state index < -0.39 is 0 Å². The van der Waals surface area contributed by atoms with Gasteiger partial charge in [0.05, 0.1) is 0 Å². The van der Waals surface area contributed by atoms with Gasteiger partial charge in [0.15, 0.2) is 0 Å². The molecule has 2 nitrogen and oxygen atoms in total. The van der Waals surface area contributed by atoms with E-state index in [1.807, 2.05) is 6.20 Å². The molecular formula is C15H20N2S. The van der Waals surface area contributed by atoms with Crippen LogP contribution in [0.3, 0.4) is 0 Å². The second-order valence-electron chi connectivity index (χ2n) is 4.90. The third-order valence-electron chi connectivity index (χ3n) is 3.13. The zero-order valence-electron chi connectivity index (χ0n) is 11.2. The van der Waals surface area contributed by atoms with Gasteiger partial charge in [-0.2, -0.15) is 0 Å². The van der Waals surface area contributed by atoms with E-state index in [0.29, 0.717) is 0 Å². The van der Waals surface area contributed by atoms with Gasteiger partial charge >= 0.3 is 0 Å². The summed E-state index contributed by atoms with van der Waals surface area (Å²) in [5.41, 5.74) is 1.30. The average Bonchev–Trinajstić information content (AvgIpc) is 2.87. The summed E-state index contributed by atoms with van der Waals surface area (Å²) in [5.74, 6) is 0. The summed E-state index contributed by atoms with van der Waals surface area (Å²) in [4.78, 5) is 5.90. The van der Waals surface area contributed by atoms with E-state index in [4.69, 9.17) is 0 Å².